The molecule has 2 rings (SSSR count). The van der Waals surface area contributed by atoms with Crippen LogP contribution in [0.3, 0.4) is 0 Å². The highest BCUT2D eigenvalue weighted by Gasteiger charge is 2.14. The molecular formula is C13H12ClFN2O. The van der Waals surface area contributed by atoms with Crippen LogP contribution in [0.15, 0.2) is 30.6 Å². The van der Waals surface area contributed by atoms with Crippen LogP contribution in [0.4, 0.5) is 4.39 Å². The molecule has 1 heterocycles. The lowest BCUT2D eigenvalue weighted by Gasteiger charge is -2.11. The lowest BCUT2D eigenvalue weighted by molar-refractivity contribution is 0.173. The number of benzene rings is 1. The maximum absolute atomic E-state index is 13.2. The highest BCUT2D eigenvalue weighted by molar-refractivity contribution is 6.31. The van der Waals surface area contributed by atoms with Crippen LogP contribution < -0.4 is 0 Å². The van der Waals surface area contributed by atoms with E-state index in [4.69, 9.17) is 11.6 Å². The van der Waals surface area contributed by atoms with Crippen LogP contribution >= 0.6 is 11.6 Å². The van der Waals surface area contributed by atoms with Gasteiger partial charge in [0.25, 0.3) is 0 Å². The molecule has 1 aromatic carbocycles. The van der Waals surface area contributed by atoms with E-state index in [9.17, 15) is 9.50 Å². The number of nitrogens with zero attached hydrogens (tertiary/aromatic N) is 2. The molecule has 1 unspecified atom stereocenters. The first-order valence-corrected chi connectivity index (χ1v) is 5.85. The van der Waals surface area contributed by atoms with Crippen LogP contribution in [0.1, 0.15) is 23.1 Å². The summed E-state index contributed by atoms with van der Waals surface area (Å²) in [5, 5.41) is 10.0. The predicted octanol–water partition coefficient (Wildman–Crippen LogP) is 2.85. The number of aliphatic hydroxyl groups excluding tert-OH is 1. The Balaban J connectivity index is 2.18. The van der Waals surface area contributed by atoms with Gasteiger partial charge >= 0.3 is 0 Å². The summed E-state index contributed by atoms with van der Waals surface area (Å²) in [6, 6.07) is 4.52. The van der Waals surface area contributed by atoms with E-state index >= 15 is 0 Å². The summed E-state index contributed by atoms with van der Waals surface area (Å²) in [5.74, 6) is -0.489. The number of aliphatic hydroxyl groups is 1. The highest BCUT2D eigenvalue weighted by atomic mass is 35.5. The van der Waals surface area contributed by atoms with E-state index in [1.54, 1.807) is 18.3 Å². The molecule has 0 radical (unpaired) electrons. The fourth-order valence-electron chi connectivity index (χ4n) is 1.59. The van der Waals surface area contributed by atoms with Crippen LogP contribution in [0.25, 0.3) is 0 Å². The Morgan fingerprint density at radius 2 is 2.11 bits per heavy atom. The van der Waals surface area contributed by atoms with Gasteiger partial charge < -0.3 is 5.11 Å². The van der Waals surface area contributed by atoms with E-state index in [0.29, 0.717) is 11.3 Å². The summed E-state index contributed by atoms with van der Waals surface area (Å²) in [7, 11) is 0. The summed E-state index contributed by atoms with van der Waals surface area (Å²) < 4.78 is 13.2. The molecule has 0 spiro atoms. The third-order valence-corrected chi connectivity index (χ3v) is 3.01. The summed E-state index contributed by atoms with van der Waals surface area (Å²) >= 11 is 5.83. The number of hydrogen-bond acceptors (Lipinski definition) is 3. The minimum absolute atomic E-state index is 0.0385. The van der Waals surface area contributed by atoms with Gasteiger partial charge in [0.15, 0.2) is 0 Å². The zero-order valence-electron chi connectivity index (χ0n) is 9.77. The lowest BCUT2D eigenvalue weighted by Crippen LogP contribution is -2.06. The molecule has 0 fully saturated rings. The molecule has 1 aromatic heterocycles. The number of hydrogen-bond donors (Lipinski definition) is 1. The molecule has 2 aromatic rings. The van der Waals surface area contributed by atoms with Crippen molar-refractivity contribution in [3.05, 3.63) is 58.4 Å². The number of halogens is 2. The van der Waals surface area contributed by atoms with Crippen molar-refractivity contribution in [2.45, 2.75) is 19.4 Å². The summed E-state index contributed by atoms with van der Waals surface area (Å²) in [6.07, 6.45) is 2.44. The van der Waals surface area contributed by atoms with Crippen LogP contribution in [0.5, 0.6) is 0 Å². The molecule has 94 valence electrons. The molecule has 0 saturated heterocycles. The second-order valence-corrected chi connectivity index (χ2v) is 4.39. The molecule has 3 nitrogen and oxygen atoms in total. The normalized spacial score (nSPS) is 12.4. The topological polar surface area (TPSA) is 46.0 Å². The van der Waals surface area contributed by atoms with Crippen molar-refractivity contribution in [3.8, 4) is 0 Å². The SMILES string of the molecule is Cc1cnc(C(O)Cc2cccc(F)c2Cl)cn1. The summed E-state index contributed by atoms with van der Waals surface area (Å²) in [6.45, 7) is 1.81. The summed E-state index contributed by atoms with van der Waals surface area (Å²) in [4.78, 5) is 8.13. The fraction of sp³-hybridized carbons (Fsp3) is 0.231. The number of aryl methyl sites for hydroxylation is 1. The van der Waals surface area contributed by atoms with Crippen molar-refractivity contribution < 1.29 is 9.50 Å². The predicted molar refractivity (Wildman–Crippen MR) is 66.8 cm³/mol. The fourth-order valence-corrected chi connectivity index (χ4v) is 1.80. The van der Waals surface area contributed by atoms with E-state index < -0.39 is 11.9 Å². The molecule has 0 bridgehead atoms. The van der Waals surface area contributed by atoms with Gasteiger partial charge in [-0.15, -0.1) is 0 Å². The zero-order valence-corrected chi connectivity index (χ0v) is 10.5. The van der Waals surface area contributed by atoms with Crippen molar-refractivity contribution >= 4 is 11.6 Å². The van der Waals surface area contributed by atoms with E-state index in [2.05, 4.69) is 9.97 Å². The van der Waals surface area contributed by atoms with Gasteiger partial charge in [0.1, 0.15) is 11.9 Å². The first-order valence-electron chi connectivity index (χ1n) is 5.47. The van der Waals surface area contributed by atoms with Crippen LogP contribution in [0.2, 0.25) is 5.02 Å². The van der Waals surface area contributed by atoms with Crippen molar-refractivity contribution in [3.63, 3.8) is 0 Å². The number of rotatable bonds is 3. The highest BCUT2D eigenvalue weighted by Crippen LogP contribution is 2.24. The van der Waals surface area contributed by atoms with Gasteiger partial charge in [-0.3, -0.25) is 9.97 Å². The standard InChI is InChI=1S/C13H12ClFN2O/c1-8-6-17-11(7-16-8)12(18)5-9-3-2-4-10(15)13(9)14/h2-4,6-7,12,18H,5H2,1H3. The van der Waals surface area contributed by atoms with E-state index in [-0.39, 0.29) is 11.4 Å². The minimum Gasteiger partial charge on any atom is -0.386 e. The third kappa shape index (κ3) is 2.83. The smallest absolute Gasteiger partial charge is 0.142 e. The van der Waals surface area contributed by atoms with Crippen molar-refractivity contribution in [1.29, 1.82) is 0 Å². The Morgan fingerprint density at radius 3 is 2.78 bits per heavy atom. The van der Waals surface area contributed by atoms with Gasteiger partial charge in [0.2, 0.25) is 0 Å². The molecule has 1 atom stereocenters. The Morgan fingerprint density at radius 1 is 1.33 bits per heavy atom. The second-order valence-electron chi connectivity index (χ2n) is 4.02. The Labute approximate surface area is 109 Å². The Hall–Kier alpha value is -1.52. The van der Waals surface area contributed by atoms with Gasteiger partial charge in [-0.2, -0.15) is 0 Å². The lowest BCUT2D eigenvalue weighted by atomic mass is 10.1. The average molecular weight is 267 g/mol. The quantitative estimate of drug-likeness (QED) is 0.929. The largest absolute Gasteiger partial charge is 0.386 e. The molecule has 0 aliphatic rings. The Bertz CT molecular complexity index is 545. The maximum atomic E-state index is 13.2. The summed E-state index contributed by atoms with van der Waals surface area (Å²) in [5.41, 5.74) is 1.77. The second kappa shape index (κ2) is 5.42. The maximum Gasteiger partial charge on any atom is 0.142 e. The van der Waals surface area contributed by atoms with Gasteiger partial charge in [0, 0.05) is 12.6 Å². The molecule has 0 aliphatic heterocycles. The van der Waals surface area contributed by atoms with Crippen LogP contribution in [-0.4, -0.2) is 15.1 Å². The minimum atomic E-state index is -0.850. The van der Waals surface area contributed by atoms with E-state index in [0.717, 1.165) is 5.69 Å². The van der Waals surface area contributed by atoms with Crippen LogP contribution in [0, 0.1) is 12.7 Å². The molecule has 0 amide bonds. The monoisotopic (exact) mass is 266 g/mol. The average Bonchev–Trinajstić information content (AvgIpc) is 2.36. The van der Waals surface area contributed by atoms with Crippen molar-refractivity contribution in [2.24, 2.45) is 0 Å². The van der Waals surface area contributed by atoms with Gasteiger partial charge in [-0.1, -0.05) is 23.7 Å². The number of aromatic nitrogens is 2. The molecule has 18 heavy (non-hydrogen) atoms. The third-order valence-electron chi connectivity index (χ3n) is 2.59. The molecule has 1 N–H and O–H groups in total. The molecule has 5 heteroatoms. The van der Waals surface area contributed by atoms with Crippen molar-refractivity contribution in [1.82, 2.24) is 9.97 Å². The molecule has 0 aliphatic carbocycles. The van der Waals surface area contributed by atoms with E-state index in [1.807, 2.05) is 6.92 Å². The van der Waals surface area contributed by atoms with Gasteiger partial charge in [-0.05, 0) is 18.6 Å². The molecule has 0 saturated carbocycles. The molecular weight excluding hydrogens is 255 g/mol. The first kappa shape index (κ1) is 12.9. The zero-order chi connectivity index (χ0) is 13.1. The van der Waals surface area contributed by atoms with Gasteiger partial charge in [0.05, 0.1) is 22.6 Å². The van der Waals surface area contributed by atoms with Crippen molar-refractivity contribution in [2.75, 3.05) is 0 Å². The van der Waals surface area contributed by atoms with E-state index in [1.165, 1.54) is 12.3 Å². The first-order chi connectivity index (χ1) is 8.58. The van der Waals surface area contributed by atoms with Gasteiger partial charge in [-0.25, -0.2) is 4.39 Å². The Kier molecular flexibility index (Phi) is 3.89. The van der Waals surface area contributed by atoms with Crippen LogP contribution in [-0.2, 0) is 6.42 Å².